The van der Waals surface area contributed by atoms with Crippen LogP contribution < -0.4 is 10.6 Å². The highest BCUT2D eigenvalue weighted by Gasteiger charge is 2.31. The van der Waals surface area contributed by atoms with E-state index in [-0.39, 0.29) is 0 Å². The summed E-state index contributed by atoms with van der Waals surface area (Å²) in [5.41, 5.74) is 0.446. The van der Waals surface area contributed by atoms with Gasteiger partial charge in [-0.05, 0) is 43.4 Å². The van der Waals surface area contributed by atoms with Crippen molar-refractivity contribution in [3.63, 3.8) is 0 Å². The Hall–Kier alpha value is -0.0800. The number of rotatable bonds is 5. The average Bonchev–Trinajstić information content (AvgIpc) is 2.38. The van der Waals surface area contributed by atoms with Gasteiger partial charge >= 0.3 is 0 Å². The van der Waals surface area contributed by atoms with Gasteiger partial charge < -0.3 is 10.6 Å². The molecule has 3 unspecified atom stereocenters. The van der Waals surface area contributed by atoms with Gasteiger partial charge in [0.1, 0.15) is 0 Å². The number of piperidine rings is 1. The fraction of sp³-hybridized carbons (Fsp3) is 1.00. The Morgan fingerprint density at radius 2 is 1.89 bits per heavy atom. The van der Waals surface area contributed by atoms with Gasteiger partial charge in [-0.15, -0.1) is 0 Å². The summed E-state index contributed by atoms with van der Waals surface area (Å²) < 4.78 is 0. The Labute approximate surface area is 113 Å². The second-order valence-electron chi connectivity index (χ2n) is 7.24. The molecule has 1 heterocycles. The maximum Gasteiger partial charge on any atom is 0.0195 e. The van der Waals surface area contributed by atoms with Crippen LogP contribution in [0.2, 0.25) is 0 Å². The molecule has 2 heteroatoms. The molecule has 0 radical (unpaired) electrons. The number of fused-ring (bicyclic) bond motifs is 1. The lowest BCUT2D eigenvalue weighted by Crippen LogP contribution is -2.52. The fourth-order valence-corrected chi connectivity index (χ4v) is 3.44. The third kappa shape index (κ3) is 3.96. The van der Waals surface area contributed by atoms with Gasteiger partial charge in [-0.25, -0.2) is 0 Å². The Kier molecular flexibility index (Phi) is 5.08. The smallest absolute Gasteiger partial charge is 0.0195 e. The summed E-state index contributed by atoms with van der Waals surface area (Å²) in [6, 6.07) is 1.55. The second-order valence-corrected chi connectivity index (χ2v) is 7.24. The van der Waals surface area contributed by atoms with Gasteiger partial charge in [0, 0.05) is 25.2 Å². The van der Waals surface area contributed by atoms with Gasteiger partial charge in [-0.1, -0.05) is 33.6 Å². The van der Waals surface area contributed by atoms with E-state index in [0.29, 0.717) is 5.41 Å². The third-order valence-electron chi connectivity index (χ3n) is 5.20. The van der Waals surface area contributed by atoms with Crippen LogP contribution in [0.25, 0.3) is 0 Å². The first-order valence-electron chi connectivity index (χ1n) is 8.07. The largest absolute Gasteiger partial charge is 0.315 e. The Morgan fingerprint density at radius 3 is 2.67 bits per heavy atom. The molecule has 0 aromatic heterocycles. The number of hydrogen-bond acceptors (Lipinski definition) is 2. The topological polar surface area (TPSA) is 24.1 Å². The molecule has 2 rings (SSSR count). The highest BCUT2D eigenvalue weighted by molar-refractivity contribution is 4.90. The van der Waals surface area contributed by atoms with Gasteiger partial charge in [0.25, 0.3) is 0 Å². The van der Waals surface area contributed by atoms with Crippen LogP contribution in [-0.2, 0) is 0 Å². The summed E-state index contributed by atoms with van der Waals surface area (Å²) in [4.78, 5) is 0. The van der Waals surface area contributed by atoms with E-state index in [1.165, 1.54) is 44.9 Å². The first-order valence-corrected chi connectivity index (χ1v) is 8.07. The van der Waals surface area contributed by atoms with Crippen LogP contribution in [0.1, 0.15) is 65.7 Å². The zero-order valence-corrected chi connectivity index (χ0v) is 12.6. The van der Waals surface area contributed by atoms with Gasteiger partial charge in [-0.2, -0.15) is 0 Å². The minimum Gasteiger partial charge on any atom is -0.315 e. The minimum absolute atomic E-state index is 0.446. The molecule has 1 aliphatic carbocycles. The van der Waals surface area contributed by atoms with Crippen LogP contribution in [-0.4, -0.2) is 25.2 Å². The molecule has 0 amide bonds. The van der Waals surface area contributed by atoms with Crippen molar-refractivity contribution in [2.24, 2.45) is 11.3 Å². The van der Waals surface area contributed by atoms with Crippen molar-refractivity contribution in [1.29, 1.82) is 0 Å². The zero-order chi connectivity index (χ0) is 13.0. The molecule has 1 aliphatic heterocycles. The Balaban J connectivity index is 1.68. The van der Waals surface area contributed by atoms with Gasteiger partial charge in [0.2, 0.25) is 0 Å². The van der Waals surface area contributed by atoms with Crippen molar-refractivity contribution in [2.75, 3.05) is 13.1 Å². The lowest BCUT2D eigenvalue weighted by atomic mass is 9.78. The van der Waals surface area contributed by atoms with Crippen LogP contribution in [0.4, 0.5) is 0 Å². The normalized spacial score (nSPS) is 33.2. The SMILES string of the molecule is CCC(C)(C)CNCC1CCC2CCCCC2N1. The molecule has 0 aromatic rings. The fourth-order valence-electron chi connectivity index (χ4n) is 3.44. The van der Waals surface area contributed by atoms with Crippen molar-refractivity contribution < 1.29 is 0 Å². The van der Waals surface area contributed by atoms with E-state index < -0.39 is 0 Å². The number of nitrogens with one attached hydrogen (secondary N) is 2. The first kappa shape index (κ1) is 14.3. The van der Waals surface area contributed by atoms with Crippen molar-refractivity contribution in [1.82, 2.24) is 10.6 Å². The molecule has 0 aromatic carbocycles. The molecular weight excluding hydrogens is 220 g/mol. The summed E-state index contributed by atoms with van der Waals surface area (Å²) in [6.07, 6.45) is 9.89. The van der Waals surface area contributed by atoms with E-state index in [0.717, 1.165) is 31.1 Å². The number of hydrogen-bond donors (Lipinski definition) is 2. The van der Waals surface area contributed by atoms with Crippen molar-refractivity contribution in [3.05, 3.63) is 0 Å². The molecule has 1 saturated carbocycles. The predicted molar refractivity (Wildman–Crippen MR) is 78.8 cm³/mol. The standard InChI is InChI=1S/C16H32N2/c1-4-16(2,3)12-17-11-14-10-9-13-7-5-6-8-15(13)18-14/h13-15,17-18H,4-12H2,1-3H3. The van der Waals surface area contributed by atoms with E-state index in [1.807, 2.05) is 0 Å². The van der Waals surface area contributed by atoms with Crippen LogP contribution >= 0.6 is 0 Å². The second kappa shape index (κ2) is 6.38. The van der Waals surface area contributed by atoms with Gasteiger partial charge in [0.15, 0.2) is 0 Å². The van der Waals surface area contributed by atoms with E-state index in [2.05, 4.69) is 31.4 Å². The van der Waals surface area contributed by atoms with Crippen molar-refractivity contribution in [2.45, 2.75) is 77.8 Å². The lowest BCUT2D eigenvalue weighted by molar-refractivity contribution is 0.172. The minimum atomic E-state index is 0.446. The molecule has 0 bridgehead atoms. The molecule has 3 atom stereocenters. The summed E-state index contributed by atoms with van der Waals surface area (Å²) in [6.45, 7) is 9.30. The molecule has 2 aliphatic rings. The van der Waals surface area contributed by atoms with Gasteiger partial charge in [0.05, 0.1) is 0 Å². The summed E-state index contributed by atoms with van der Waals surface area (Å²) >= 11 is 0. The first-order chi connectivity index (χ1) is 8.61. The Bertz CT molecular complexity index is 249. The summed E-state index contributed by atoms with van der Waals surface area (Å²) in [7, 11) is 0. The Morgan fingerprint density at radius 1 is 1.11 bits per heavy atom. The molecule has 2 nitrogen and oxygen atoms in total. The van der Waals surface area contributed by atoms with E-state index in [1.54, 1.807) is 0 Å². The quantitative estimate of drug-likeness (QED) is 0.784. The summed E-state index contributed by atoms with van der Waals surface area (Å²) in [5, 5.41) is 7.58. The third-order valence-corrected chi connectivity index (χ3v) is 5.20. The maximum atomic E-state index is 3.90. The van der Waals surface area contributed by atoms with Crippen molar-refractivity contribution in [3.8, 4) is 0 Å². The van der Waals surface area contributed by atoms with Crippen molar-refractivity contribution >= 4 is 0 Å². The van der Waals surface area contributed by atoms with E-state index in [9.17, 15) is 0 Å². The molecular formula is C16H32N2. The molecule has 2 fully saturated rings. The average molecular weight is 252 g/mol. The molecule has 0 spiro atoms. The maximum absolute atomic E-state index is 3.90. The van der Waals surface area contributed by atoms with E-state index in [4.69, 9.17) is 0 Å². The highest BCUT2D eigenvalue weighted by Crippen LogP contribution is 2.32. The van der Waals surface area contributed by atoms with Crippen LogP contribution in [0.5, 0.6) is 0 Å². The van der Waals surface area contributed by atoms with Crippen LogP contribution in [0.15, 0.2) is 0 Å². The molecule has 1 saturated heterocycles. The molecule has 18 heavy (non-hydrogen) atoms. The monoisotopic (exact) mass is 252 g/mol. The highest BCUT2D eigenvalue weighted by atomic mass is 15.0. The predicted octanol–water partition coefficient (Wildman–Crippen LogP) is 3.32. The van der Waals surface area contributed by atoms with E-state index >= 15 is 0 Å². The molecule has 106 valence electrons. The lowest BCUT2D eigenvalue weighted by Gasteiger charge is -2.41. The van der Waals surface area contributed by atoms with Gasteiger partial charge in [-0.3, -0.25) is 0 Å². The summed E-state index contributed by atoms with van der Waals surface area (Å²) in [5.74, 6) is 0.988. The van der Waals surface area contributed by atoms with Crippen LogP contribution in [0, 0.1) is 11.3 Å². The zero-order valence-electron chi connectivity index (χ0n) is 12.6. The molecule has 2 N–H and O–H groups in total. The van der Waals surface area contributed by atoms with Crippen LogP contribution in [0.3, 0.4) is 0 Å².